The lowest BCUT2D eigenvalue weighted by atomic mass is 9.93. The lowest BCUT2D eigenvalue weighted by Crippen LogP contribution is -2.28. The smallest absolute Gasteiger partial charge is 0.351 e. The van der Waals surface area contributed by atoms with E-state index in [1.165, 1.54) is 24.4 Å². The van der Waals surface area contributed by atoms with Gasteiger partial charge >= 0.3 is 6.18 Å². The quantitative estimate of drug-likeness (QED) is 0.592. The third-order valence-corrected chi connectivity index (χ3v) is 5.21. The molecule has 2 aromatic heterocycles. The maximum atomic E-state index is 13.6. The fraction of sp³-hybridized carbons (Fsp3) is 0.278. The van der Waals surface area contributed by atoms with Crippen molar-refractivity contribution in [1.29, 1.82) is 5.26 Å². The Bertz CT molecular complexity index is 1080. The molecule has 28 heavy (non-hydrogen) atoms. The Morgan fingerprint density at radius 1 is 1.29 bits per heavy atom. The van der Waals surface area contributed by atoms with Crippen LogP contribution in [0.25, 0.3) is 22.2 Å². The molecule has 1 N–H and O–H groups in total. The van der Waals surface area contributed by atoms with E-state index < -0.39 is 11.7 Å². The van der Waals surface area contributed by atoms with Crippen molar-refractivity contribution in [3.8, 4) is 17.3 Å². The first-order chi connectivity index (χ1) is 13.4. The molecule has 1 fully saturated rings. The molecule has 0 amide bonds. The van der Waals surface area contributed by atoms with Crippen molar-refractivity contribution in [2.24, 2.45) is 0 Å². The van der Waals surface area contributed by atoms with Crippen molar-refractivity contribution in [2.75, 3.05) is 5.32 Å². The van der Waals surface area contributed by atoms with Gasteiger partial charge in [-0.05, 0) is 31.4 Å². The maximum absolute atomic E-state index is 13.6. The van der Waals surface area contributed by atoms with Gasteiger partial charge in [-0.3, -0.25) is 3.97 Å². The number of nitrogens with one attached hydrogen (secondary N) is 1. The Labute approximate surface area is 161 Å². The summed E-state index contributed by atoms with van der Waals surface area (Å²) >= 11 is -0.159. The molecule has 144 valence electrons. The summed E-state index contributed by atoms with van der Waals surface area (Å²) in [5.74, 6) is 0.107. The molecule has 1 aliphatic rings. The number of nitriles is 1. The molecule has 0 spiro atoms. The Morgan fingerprint density at radius 2 is 2.07 bits per heavy atom. The molecule has 3 aromatic rings. The lowest BCUT2D eigenvalue weighted by Gasteiger charge is -2.26. The van der Waals surface area contributed by atoms with Gasteiger partial charge in [0.25, 0.3) is 0 Å². The Hall–Kier alpha value is -2.80. The Morgan fingerprint density at radius 3 is 2.68 bits per heavy atom. The second kappa shape index (κ2) is 6.98. The highest BCUT2D eigenvalue weighted by Gasteiger charge is 2.36. The van der Waals surface area contributed by atoms with Gasteiger partial charge in [-0.15, -0.1) is 3.89 Å². The van der Waals surface area contributed by atoms with E-state index in [4.69, 9.17) is 5.26 Å². The average Bonchev–Trinajstić information content (AvgIpc) is 3.01. The molecular formula is C18H13F4N5S. The molecule has 1 saturated carbocycles. The minimum absolute atomic E-state index is 0.107. The van der Waals surface area contributed by atoms with Crippen LogP contribution in [0.5, 0.6) is 0 Å². The second-order valence-corrected chi connectivity index (χ2v) is 7.04. The van der Waals surface area contributed by atoms with E-state index in [2.05, 4.69) is 15.3 Å². The number of benzene rings is 1. The SMILES string of the molecule is N#Cc1ccc2c(-c3nc(NC4CCC4)ncc3C(F)(F)F)cn(SF)c2c1. The van der Waals surface area contributed by atoms with Gasteiger partial charge in [0.15, 0.2) is 12.3 Å². The summed E-state index contributed by atoms with van der Waals surface area (Å²) in [5.41, 5.74) is -0.637. The van der Waals surface area contributed by atoms with E-state index >= 15 is 0 Å². The number of rotatable bonds is 4. The highest BCUT2D eigenvalue weighted by atomic mass is 32.2. The molecule has 1 aromatic carbocycles. The molecule has 5 nitrogen and oxygen atoms in total. The Balaban J connectivity index is 1.91. The van der Waals surface area contributed by atoms with Crippen LogP contribution < -0.4 is 5.32 Å². The van der Waals surface area contributed by atoms with Gasteiger partial charge in [-0.25, -0.2) is 9.97 Å². The molecule has 0 radical (unpaired) electrons. The number of nitrogens with zero attached hydrogens (tertiary/aromatic N) is 4. The topological polar surface area (TPSA) is 66.5 Å². The van der Waals surface area contributed by atoms with E-state index in [1.807, 2.05) is 6.07 Å². The molecule has 10 heteroatoms. The summed E-state index contributed by atoms with van der Waals surface area (Å²) < 4.78 is 55.2. The minimum Gasteiger partial charge on any atom is -0.351 e. The monoisotopic (exact) mass is 407 g/mol. The van der Waals surface area contributed by atoms with Crippen LogP contribution in [0, 0.1) is 11.3 Å². The molecule has 0 atom stereocenters. The van der Waals surface area contributed by atoms with Gasteiger partial charge in [0, 0.05) is 29.4 Å². The van der Waals surface area contributed by atoms with E-state index in [-0.39, 0.29) is 41.1 Å². The van der Waals surface area contributed by atoms with Crippen LogP contribution in [0.15, 0.2) is 30.6 Å². The van der Waals surface area contributed by atoms with Gasteiger partial charge in [0.2, 0.25) is 5.95 Å². The number of fused-ring (bicyclic) bond motifs is 1. The number of aromatic nitrogens is 3. The summed E-state index contributed by atoms with van der Waals surface area (Å²) in [4.78, 5) is 7.94. The molecule has 0 unspecified atom stereocenters. The summed E-state index contributed by atoms with van der Waals surface area (Å²) in [7, 11) is 0. The normalized spacial score (nSPS) is 14.7. The first-order valence-electron chi connectivity index (χ1n) is 8.46. The summed E-state index contributed by atoms with van der Waals surface area (Å²) in [6.07, 6.45) is 0.199. The van der Waals surface area contributed by atoms with Gasteiger partial charge in [0.1, 0.15) is 5.56 Å². The molecule has 0 aliphatic heterocycles. The predicted octanol–water partition coefficient (Wildman–Crippen LogP) is 5.33. The van der Waals surface area contributed by atoms with Crippen molar-refractivity contribution in [2.45, 2.75) is 31.5 Å². The molecule has 0 saturated heterocycles. The second-order valence-electron chi connectivity index (χ2n) is 6.51. The van der Waals surface area contributed by atoms with Gasteiger partial charge in [-0.1, -0.05) is 6.07 Å². The van der Waals surface area contributed by atoms with E-state index in [0.717, 1.165) is 29.4 Å². The summed E-state index contributed by atoms with van der Waals surface area (Å²) in [5, 5.41) is 12.4. The standard InChI is InChI=1S/C18H13F4N5S/c19-18(20,21)14-8-24-17(25-11-2-1-3-11)26-16(14)13-9-27(28-22)15-6-10(7-23)4-5-12(13)15/h4-6,8-9,11H,1-3H2,(H,24,25,26). The summed E-state index contributed by atoms with van der Waals surface area (Å²) in [6.45, 7) is 0. The molecule has 2 heterocycles. The zero-order chi connectivity index (χ0) is 19.9. The number of hydrogen-bond donors (Lipinski definition) is 1. The van der Waals surface area contributed by atoms with Crippen molar-refractivity contribution < 1.29 is 17.1 Å². The summed E-state index contributed by atoms with van der Waals surface area (Å²) in [6, 6.07) is 6.48. The van der Waals surface area contributed by atoms with Crippen molar-refractivity contribution in [3.05, 3.63) is 41.7 Å². The van der Waals surface area contributed by atoms with Crippen molar-refractivity contribution >= 4 is 29.2 Å². The third-order valence-electron chi connectivity index (χ3n) is 4.76. The molecule has 4 rings (SSSR count). The third kappa shape index (κ3) is 3.26. The maximum Gasteiger partial charge on any atom is 0.419 e. The van der Waals surface area contributed by atoms with E-state index in [9.17, 15) is 17.1 Å². The van der Waals surface area contributed by atoms with E-state index in [1.54, 1.807) is 0 Å². The molecule has 1 aliphatic carbocycles. The number of halogens is 4. The van der Waals surface area contributed by atoms with Crippen LogP contribution in [0.3, 0.4) is 0 Å². The molecular weight excluding hydrogens is 394 g/mol. The fourth-order valence-corrected chi connectivity index (χ4v) is 3.48. The Kier molecular flexibility index (Phi) is 4.63. The van der Waals surface area contributed by atoms with Crippen molar-refractivity contribution in [3.63, 3.8) is 0 Å². The van der Waals surface area contributed by atoms with Gasteiger partial charge < -0.3 is 5.32 Å². The highest BCUT2D eigenvalue weighted by Crippen LogP contribution is 2.40. The molecule has 0 bridgehead atoms. The van der Waals surface area contributed by atoms with Gasteiger partial charge in [-0.2, -0.15) is 18.4 Å². The van der Waals surface area contributed by atoms with Crippen LogP contribution in [-0.2, 0) is 6.18 Å². The zero-order valence-corrected chi connectivity index (χ0v) is 15.1. The fourth-order valence-electron chi connectivity index (χ4n) is 3.11. The predicted molar refractivity (Wildman–Crippen MR) is 98.0 cm³/mol. The van der Waals surface area contributed by atoms with Crippen LogP contribution in [0.1, 0.15) is 30.4 Å². The van der Waals surface area contributed by atoms with Gasteiger partial charge in [0.05, 0.1) is 22.8 Å². The van der Waals surface area contributed by atoms with Crippen LogP contribution in [0.4, 0.5) is 23.0 Å². The van der Waals surface area contributed by atoms with Crippen LogP contribution in [-0.4, -0.2) is 20.0 Å². The van der Waals surface area contributed by atoms with Crippen LogP contribution in [0.2, 0.25) is 0 Å². The van der Waals surface area contributed by atoms with Crippen molar-refractivity contribution in [1.82, 2.24) is 13.9 Å². The number of anilines is 1. The lowest BCUT2D eigenvalue weighted by molar-refractivity contribution is -0.137. The first-order valence-corrected chi connectivity index (χ1v) is 9.13. The minimum atomic E-state index is -4.67. The number of alkyl halides is 3. The average molecular weight is 407 g/mol. The largest absolute Gasteiger partial charge is 0.419 e. The van der Waals surface area contributed by atoms with E-state index in [0.29, 0.717) is 10.9 Å². The zero-order valence-electron chi connectivity index (χ0n) is 14.3. The van der Waals surface area contributed by atoms with Crippen LogP contribution >= 0.6 is 12.3 Å². The highest BCUT2D eigenvalue weighted by molar-refractivity contribution is 7.92. The first kappa shape index (κ1) is 18.6. The number of hydrogen-bond acceptors (Lipinski definition) is 5.